The lowest BCUT2D eigenvalue weighted by Gasteiger charge is -2.37. The summed E-state index contributed by atoms with van der Waals surface area (Å²) < 4.78 is 5.63. The maximum absolute atomic E-state index is 6.07. The number of amidine groups is 1. The van der Waals surface area contributed by atoms with Crippen LogP contribution in [0.25, 0.3) is 0 Å². The minimum absolute atomic E-state index is 0.247. The summed E-state index contributed by atoms with van der Waals surface area (Å²) in [6.45, 7) is 6.37. The molecule has 1 aliphatic rings. The first-order chi connectivity index (χ1) is 7.00. The molecule has 1 saturated carbocycles. The summed E-state index contributed by atoms with van der Waals surface area (Å²) in [5, 5.41) is 0. The molecule has 0 aliphatic heterocycles. The predicted molar refractivity (Wildman–Crippen MR) is 64.1 cm³/mol. The molecule has 0 radical (unpaired) electrons. The Hall–Kier alpha value is -0.570. The van der Waals surface area contributed by atoms with Gasteiger partial charge in [0.25, 0.3) is 0 Å². The van der Waals surface area contributed by atoms with Crippen molar-refractivity contribution in [3.05, 3.63) is 0 Å². The molecule has 1 rings (SSSR count). The van der Waals surface area contributed by atoms with Gasteiger partial charge >= 0.3 is 0 Å². The number of hydrogen-bond acceptors (Lipinski definition) is 2. The van der Waals surface area contributed by atoms with Gasteiger partial charge in [-0.25, -0.2) is 0 Å². The van der Waals surface area contributed by atoms with Crippen molar-refractivity contribution in [1.82, 2.24) is 0 Å². The Morgan fingerprint density at radius 2 is 1.93 bits per heavy atom. The lowest BCUT2D eigenvalue weighted by Crippen LogP contribution is -2.48. The molecule has 0 bridgehead atoms. The van der Waals surface area contributed by atoms with Crippen molar-refractivity contribution >= 4 is 5.84 Å². The first kappa shape index (κ1) is 12.5. The largest absolute Gasteiger partial charge is 0.385 e. The maximum Gasteiger partial charge on any atom is 0.127 e. The minimum atomic E-state index is -0.281. The molecule has 15 heavy (non-hydrogen) atoms. The van der Waals surface area contributed by atoms with Crippen LogP contribution in [0.1, 0.15) is 46.5 Å². The van der Waals surface area contributed by atoms with Crippen molar-refractivity contribution in [2.24, 2.45) is 16.6 Å². The molecular weight excluding hydrogens is 188 g/mol. The van der Waals surface area contributed by atoms with Crippen LogP contribution >= 0.6 is 0 Å². The Balaban J connectivity index is 2.76. The number of hydrogen-bond donors (Lipinski definition) is 1. The van der Waals surface area contributed by atoms with Crippen LogP contribution in [0, 0.1) is 5.92 Å². The zero-order chi connectivity index (χ0) is 11.5. The number of rotatable bonds is 3. The van der Waals surface area contributed by atoms with E-state index in [0.29, 0.717) is 5.84 Å². The van der Waals surface area contributed by atoms with E-state index >= 15 is 0 Å². The molecule has 0 atom stereocenters. The van der Waals surface area contributed by atoms with E-state index < -0.39 is 0 Å². The van der Waals surface area contributed by atoms with E-state index in [9.17, 15) is 0 Å². The number of aliphatic imine (C=N–C) groups is 1. The fourth-order valence-corrected chi connectivity index (χ4v) is 2.19. The highest BCUT2D eigenvalue weighted by Gasteiger charge is 2.37. The summed E-state index contributed by atoms with van der Waals surface area (Å²) >= 11 is 0. The van der Waals surface area contributed by atoms with Gasteiger partial charge in [0.05, 0.1) is 0 Å². The van der Waals surface area contributed by atoms with Gasteiger partial charge in [0.1, 0.15) is 11.4 Å². The van der Waals surface area contributed by atoms with Gasteiger partial charge in [0, 0.05) is 13.2 Å². The van der Waals surface area contributed by atoms with Crippen LogP contribution in [0.2, 0.25) is 0 Å². The highest BCUT2D eigenvalue weighted by atomic mass is 16.5. The van der Waals surface area contributed by atoms with E-state index in [0.717, 1.165) is 18.8 Å². The summed E-state index contributed by atoms with van der Waals surface area (Å²) in [6.07, 6.45) is 4.38. The van der Waals surface area contributed by atoms with Crippen LogP contribution in [-0.2, 0) is 4.74 Å². The molecule has 88 valence electrons. The monoisotopic (exact) mass is 212 g/mol. The molecule has 0 amide bonds. The van der Waals surface area contributed by atoms with E-state index in [1.807, 2.05) is 13.8 Å². The number of nitrogens with two attached hydrogens (primary N) is 1. The third-order valence-corrected chi connectivity index (χ3v) is 3.34. The second kappa shape index (κ2) is 4.97. The Kier molecular flexibility index (Phi) is 4.14. The van der Waals surface area contributed by atoms with E-state index in [-0.39, 0.29) is 11.6 Å². The van der Waals surface area contributed by atoms with Gasteiger partial charge in [0.2, 0.25) is 0 Å². The molecule has 0 spiro atoms. The Morgan fingerprint density at radius 3 is 2.33 bits per heavy atom. The van der Waals surface area contributed by atoms with Crippen LogP contribution in [0.15, 0.2) is 4.99 Å². The zero-order valence-corrected chi connectivity index (χ0v) is 10.4. The van der Waals surface area contributed by atoms with Crippen molar-refractivity contribution < 1.29 is 4.74 Å². The molecular formula is C12H24N2O. The maximum atomic E-state index is 6.07. The second-order valence-electron chi connectivity index (χ2n) is 4.99. The molecule has 0 heterocycles. The lowest BCUT2D eigenvalue weighted by molar-refractivity contribution is 0.00782. The lowest BCUT2D eigenvalue weighted by atomic mass is 9.78. The van der Waals surface area contributed by atoms with Gasteiger partial charge < -0.3 is 10.5 Å². The van der Waals surface area contributed by atoms with Crippen molar-refractivity contribution in [3.63, 3.8) is 0 Å². The molecule has 3 nitrogen and oxygen atoms in total. The highest BCUT2D eigenvalue weighted by molar-refractivity contribution is 5.89. The second-order valence-corrected chi connectivity index (χ2v) is 4.99. The van der Waals surface area contributed by atoms with Gasteiger partial charge in [-0.2, -0.15) is 0 Å². The molecule has 0 aromatic heterocycles. The minimum Gasteiger partial charge on any atom is -0.385 e. The van der Waals surface area contributed by atoms with Crippen LogP contribution in [-0.4, -0.2) is 24.6 Å². The van der Waals surface area contributed by atoms with Gasteiger partial charge in [-0.05, 0) is 45.4 Å². The Morgan fingerprint density at radius 1 is 1.40 bits per heavy atom. The van der Waals surface area contributed by atoms with Gasteiger partial charge in [0.15, 0.2) is 0 Å². The van der Waals surface area contributed by atoms with Crippen molar-refractivity contribution in [2.45, 2.75) is 58.1 Å². The van der Waals surface area contributed by atoms with Crippen LogP contribution in [0.3, 0.4) is 0 Å². The quantitative estimate of drug-likeness (QED) is 0.576. The van der Waals surface area contributed by atoms with Crippen LogP contribution < -0.4 is 5.73 Å². The van der Waals surface area contributed by atoms with E-state index in [1.54, 1.807) is 7.11 Å². The predicted octanol–water partition coefficient (Wildman–Crippen LogP) is 2.35. The third-order valence-electron chi connectivity index (χ3n) is 3.34. The first-order valence-electron chi connectivity index (χ1n) is 5.89. The standard InChI is InChI=1S/C12H24N2O/c1-9(2)14-11(13)12(15-4)7-5-10(3)6-8-12/h9-10H,5-8H2,1-4H3,(H2,13,14). The summed E-state index contributed by atoms with van der Waals surface area (Å²) in [7, 11) is 1.75. The normalized spacial score (nSPS) is 33.4. The molecule has 2 N–H and O–H groups in total. The fourth-order valence-electron chi connectivity index (χ4n) is 2.19. The van der Waals surface area contributed by atoms with E-state index in [2.05, 4.69) is 11.9 Å². The molecule has 1 fully saturated rings. The Bertz CT molecular complexity index is 228. The summed E-state index contributed by atoms with van der Waals surface area (Å²) in [5.41, 5.74) is 5.78. The number of methoxy groups -OCH3 is 1. The van der Waals surface area contributed by atoms with Gasteiger partial charge in [-0.3, -0.25) is 4.99 Å². The summed E-state index contributed by atoms with van der Waals surface area (Å²) in [4.78, 5) is 4.44. The molecule has 3 heteroatoms. The average Bonchev–Trinajstić information content (AvgIpc) is 2.18. The average molecular weight is 212 g/mol. The van der Waals surface area contributed by atoms with Crippen molar-refractivity contribution in [3.8, 4) is 0 Å². The number of ether oxygens (including phenoxy) is 1. The van der Waals surface area contributed by atoms with E-state index in [4.69, 9.17) is 10.5 Å². The summed E-state index contributed by atoms with van der Waals surface area (Å²) in [5.74, 6) is 1.48. The fraction of sp³-hybridized carbons (Fsp3) is 0.917. The van der Waals surface area contributed by atoms with Crippen molar-refractivity contribution in [1.29, 1.82) is 0 Å². The van der Waals surface area contributed by atoms with Crippen LogP contribution in [0.5, 0.6) is 0 Å². The first-order valence-corrected chi connectivity index (χ1v) is 5.89. The number of nitrogens with zero attached hydrogens (tertiary/aromatic N) is 1. The Labute approximate surface area is 93.1 Å². The van der Waals surface area contributed by atoms with E-state index in [1.165, 1.54) is 12.8 Å². The van der Waals surface area contributed by atoms with Gasteiger partial charge in [-0.15, -0.1) is 0 Å². The van der Waals surface area contributed by atoms with Crippen LogP contribution in [0.4, 0.5) is 0 Å². The SMILES string of the molecule is COC1(C(N)=NC(C)C)CCC(C)CC1. The molecule has 1 aliphatic carbocycles. The molecule has 0 saturated heterocycles. The van der Waals surface area contributed by atoms with Gasteiger partial charge in [-0.1, -0.05) is 6.92 Å². The zero-order valence-electron chi connectivity index (χ0n) is 10.4. The molecule has 0 unspecified atom stereocenters. The molecule has 0 aromatic rings. The molecule has 0 aromatic carbocycles. The highest BCUT2D eigenvalue weighted by Crippen LogP contribution is 2.34. The topological polar surface area (TPSA) is 47.6 Å². The summed E-state index contributed by atoms with van der Waals surface area (Å²) in [6, 6.07) is 0.247. The smallest absolute Gasteiger partial charge is 0.127 e. The third kappa shape index (κ3) is 2.94. The van der Waals surface area contributed by atoms with Crippen molar-refractivity contribution in [2.75, 3.05) is 7.11 Å².